The predicted molar refractivity (Wildman–Crippen MR) is 156 cm³/mol. The van der Waals surface area contributed by atoms with Gasteiger partial charge in [-0.25, -0.2) is 9.37 Å². The summed E-state index contributed by atoms with van der Waals surface area (Å²) in [5.74, 6) is -2.60. The van der Waals surface area contributed by atoms with Gasteiger partial charge in [-0.15, -0.1) is 0 Å². The van der Waals surface area contributed by atoms with Crippen LogP contribution >= 0.6 is 11.6 Å². The number of carbonyl (C=O) groups is 2. The van der Waals surface area contributed by atoms with Gasteiger partial charge in [0.15, 0.2) is 0 Å². The zero-order valence-corrected chi connectivity index (χ0v) is 24.8. The van der Waals surface area contributed by atoms with Gasteiger partial charge in [-0.05, 0) is 56.2 Å². The minimum absolute atomic E-state index is 0.00417. The molecule has 0 aliphatic heterocycles. The van der Waals surface area contributed by atoms with Gasteiger partial charge in [0, 0.05) is 33.3 Å². The molecular weight excluding hydrogens is 622 g/mol. The first-order chi connectivity index (χ1) is 21.2. The molecule has 2 aromatic heterocycles. The number of alkyl halides is 3. The lowest BCUT2D eigenvalue weighted by Crippen LogP contribution is -2.51. The fraction of sp³-hybridized carbons (Fsp3) is 0.333. The third-order valence-electron chi connectivity index (χ3n) is 7.23. The predicted octanol–water partition coefficient (Wildman–Crippen LogP) is 4.84. The molecule has 45 heavy (non-hydrogen) atoms. The summed E-state index contributed by atoms with van der Waals surface area (Å²) in [5, 5.41) is 18.3. The largest absolute Gasteiger partial charge is 0.494 e. The van der Waals surface area contributed by atoms with Crippen molar-refractivity contribution in [1.29, 1.82) is 0 Å². The van der Waals surface area contributed by atoms with E-state index in [1.807, 2.05) is 0 Å². The van der Waals surface area contributed by atoms with Gasteiger partial charge in [0.25, 0.3) is 5.91 Å². The summed E-state index contributed by atoms with van der Waals surface area (Å²) in [6.45, 7) is 0.197. The van der Waals surface area contributed by atoms with Crippen molar-refractivity contribution in [2.45, 2.75) is 44.0 Å². The second kappa shape index (κ2) is 12.2. The number of hydrogen-bond donors (Lipinski definition) is 3. The van der Waals surface area contributed by atoms with Crippen LogP contribution in [0.2, 0.25) is 5.02 Å². The lowest BCUT2D eigenvalue weighted by molar-refractivity contribution is -0.265. The number of halogens is 5. The van der Waals surface area contributed by atoms with Crippen molar-refractivity contribution >= 4 is 34.3 Å². The number of rotatable bonds is 11. The van der Waals surface area contributed by atoms with Crippen molar-refractivity contribution in [2.75, 3.05) is 20.3 Å². The van der Waals surface area contributed by atoms with Gasteiger partial charge in [-0.3, -0.25) is 14.3 Å². The molecule has 0 spiro atoms. The number of nitrogens with one attached hydrogen (secondary N) is 1. The van der Waals surface area contributed by atoms with Crippen LogP contribution in [0.15, 0.2) is 42.6 Å². The second-order valence-corrected chi connectivity index (χ2v) is 11.0. The summed E-state index contributed by atoms with van der Waals surface area (Å²) in [6, 6.07) is 7.01. The first-order valence-corrected chi connectivity index (χ1v) is 14.2. The number of pyridine rings is 1. The van der Waals surface area contributed by atoms with E-state index in [0.29, 0.717) is 10.9 Å². The van der Waals surface area contributed by atoms with Gasteiger partial charge in [-0.2, -0.15) is 18.3 Å². The lowest BCUT2D eigenvalue weighted by atomic mass is 9.93. The zero-order chi connectivity index (χ0) is 32.7. The number of aromatic nitrogens is 3. The van der Waals surface area contributed by atoms with Crippen molar-refractivity contribution in [3.63, 3.8) is 0 Å². The van der Waals surface area contributed by atoms with E-state index in [1.54, 1.807) is 17.8 Å². The number of primary amides is 1. The Morgan fingerprint density at radius 3 is 2.51 bits per heavy atom. The minimum Gasteiger partial charge on any atom is -0.494 e. The topological polar surface area (TPSA) is 142 Å². The number of methoxy groups -OCH3 is 1. The molecular formula is C30H28ClF4N5O5. The number of carbonyl (C=O) groups excluding carboxylic acids is 2. The van der Waals surface area contributed by atoms with Gasteiger partial charge in [-0.1, -0.05) is 11.6 Å². The maximum absolute atomic E-state index is 14.7. The first kappa shape index (κ1) is 32.0. The van der Waals surface area contributed by atoms with Crippen molar-refractivity contribution < 1.29 is 41.7 Å². The van der Waals surface area contributed by atoms with Crippen LogP contribution in [0.25, 0.3) is 22.2 Å². The van der Waals surface area contributed by atoms with Crippen LogP contribution in [0.5, 0.6) is 11.5 Å². The second-order valence-electron chi connectivity index (χ2n) is 10.6. The van der Waals surface area contributed by atoms with Gasteiger partial charge in [0.2, 0.25) is 11.5 Å². The van der Waals surface area contributed by atoms with Crippen LogP contribution in [0.4, 0.5) is 17.6 Å². The van der Waals surface area contributed by atoms with E-state index in [1.165, 1.54) is 25.3 Å². The molecule has 1 unspecified atom stereocenters. The standard InChI is InChI=1S/C30H28ClF4N5O5/c1-3-45-27-16(11-24(36)41)10-23(38-26(27)15-7-19(31)12-20(32)8-15)29(43,30(33,34)35)14-37-28(42)17-6-18-13-40(21-4-5-21)39-25(18)22(9-17)44-2/h6-10,12-13,21,43H,3-5,11,14H2,1-2H3,(H2,36,41)(H,37,42). The molecule has 0 saturated heterocycles. The highest BCUT2D eigenvalue weighted by Gasteiger charge is 2.56. The number of nitrogens with zero attached hydrogens (tertiary/aromatic N) is 3. The quantitative estimate of drug-likeness (QED) is 0.198. The Morgan fingerprint density at radius 1 is 1.18 bits per heavy atom. The molecule has 4 N–H and O–H groups in total. The Morgan fingerprint density at radius 2 is 1.91 bits per heavy atom. The molecule has 5 rings (SSSR count). The third-order valence-corrected chi connectivity index (χ3v) is 7.45. The lowest BCUT2D eigenvalue weighted by Gasteiger charge is -2.31. The number of nitrogens with two attached hydrogens (primary N) is 1. The molecule has 0 bridgehead atoms. The van der Waals surface area contributed by atoms with Crippen LogP contribution in [0.3, 0.4) is 0 Å². The molecule has 2 amide bonds. The van der Waals surface area contributed by atoms with Crippen molar-refractivity contribution in [3.05, 3.63) is 70.3 Å². The SMILES string of the molecule is CCOc1c(CC(N)=O)cc(C(O)(CNC(=O)c2cc(OC)c3nn(C4CC4)cc3c2)C(F)(F)F)nc1-c1cc(F)cc(Cl)c1. The zero-order valence-electron chi connectivity index (χ0n) is 24.0. The Kier molecular flexibility index (Phi) is 8.64. The van der Waals surface area contributed by atoms with Crippen LogP contribution in [0, 0.1) is 5.82 Å². The molecule has 2 aromatic carbocycles. The van der Waals surface area contributed by atoms with E-state index in [4.69, 9.17) is 26.8 Å². The maximum atomic E-state index is 14.7. The van der Waals surface area contributed by atoms with E-state index < -0.39 is 48.1 Å². The van der Waals surface area contributed by atoms with Crippen LogP contribution < -0.4 is 20.5 Å². The normalized spacial score (nSPS) is 14.7. The number of ether oxygens (including phenoxy) is 2. The highest BCUT2D eigenvalue weighted by Crippen LogP contribution is 2.42. The van der Waals surface area contributed by atoms with E-state index >= 15 is 0 Å². The summed E-state index contributed by atoms with van der Waals surface area (Å²) in [5.41, 5.74) is 0.466. The summed E-state index contributed by atoms with van der Waals surface area (Å²) >= 11 is 6.00. The average molecular weight is 650 g/mol. The Labute approximate surface area is 259 Å². The molecule has 10 nitrogen and oxygen atoms in total. The highest BCUT2D eigenvalue weighted by molar-refractivity contribution is 6.30. The third kappa shape index (κ3) is 6.52. The molecule has 15 heteroatoms. The number of fused-ring (bicyclic) bond motifs is 1. The smallest absolute Gasteiger partial charge is 0.424 e. The molecule has 2 heterocycles. The average Bonchev–Trinajstić information content (AvgIpc) is 3.73. The van der Waals surface area contributed by atoms with Gasteiger partial charge < -0.3 is 25.6 Å². The van der Waals surface area contributed by atoms with Crippen LogP contribution in [-0.4, -0.2) is 58.1 Å². The van der Waals surface area contributed by atoms with E-state index in [-0.39, 0.29) is 51.6 Å². The molecule has 1 aliphatic rings. The Hall–Kier alpha value is -4.43. The molecule has 238 valence electrons. The maximum Gasteiger partial charge on any atom is 0.424 e. The minimum atomic E-state index is -5.39. The number of benzene rings is 2. The fourth-order valence-electron chi connectivity index (χ4n) is 4.89. The van der Waals surface area contributed by atoms with Gasteiger partial charge in [0.05, 0.1) is 38.4 Å². The molecule has 1 saturated carbocycles. The van der Waals surface area contributed by atoms with Gasteiger partial charge >= 0.3 is 6.18 Å². The van der Waals surface area contributed by atoms with Crippen molar-refractivity contribution in [1.82, 2.24) is 20.1 Å². The van der Waals surface area contributed by atoms with Crippen molar-refractivity contribution in [3.8, 4) is 22.8 Å². The van der Waals surface area contributed by atoms with Crippen LogP contribution in [-0.2, 0) is 16.8 Å². The highest BCUT2D eigenvalue weighted by atomic mass is 35.5. The molecule has 4 aromatic rings. The summed E-state index contributed by atoms with van der Waals surface area (Å²) < 4.78 is 71.1. The Balaban J connectivity index is 1.56. The summed E-state index contributed by atoms with van der Waals surface area (Å²) in [4.78, 5) is 29.1. The number of aliphatic hydroxyl groups is 1. The summed E-state index contributed by atoms with van der Waals surface area (Å²) in [7, 11) is 1.37. The first-order valence-electron chi connectivity index (χ1n) is 13.8. The van der Waals surface area contributed by atoms with Crippen LogP contribution in [0.1, 0.15) is 47.4 Å². The number of hydrogen-bond acceptors (Lipinski definition) is 7. The van der Waals surface area contributed by atoms with Crippen molar-refractivity contribution in [2.24, 2.45) is 5.73 Å². The van der Waals surface area contributed by atoms with E-state index in [9.17, 15) is 32.3 Å². The Bertz CT molecular complexity index is 1770. The molecule has 1 fully saturated rings. The molecule has 0 radical (unpaired) electrons. The fourth-order valence-corrected chi connectivity index (χ4v) is 5.11. The van der Waals surface area contributed by atoms with E-state index in [0.717, 1.165) is 31.0 Å². The molecule has 1 atom stereocenters. The monoisotopic (exact) mass is 649 g/mol. The number of amides is 2. The van der Waals surface area contributed by atoms with Gasteiger partial charge in [0.1, 0.15) is 28.5 Å². The molecule has 1 aliphatic carbocycles. The summed E-state index contributed by atoms with van der Waals surface area (Å²) in [6.07, 6.45) is -2.37. The van der Waals surface area contributed by atoms with E-state index in [2.05, 4.69) is 15.4 Å².